The third kappa shape index (κ3) is 3.65. The smallest absolute Gasteiger partial charge is 0.263 e. The Kier molecular flexibility index (Phi) is 5.13. The van der Waals surface area contributed by atoms with Gasteiger partial charge >= 0.3 is 0 Å². The fourth-order valence-electron chi connectivity index (χ4n) is 2.44. The van der Waals surface area contributed by atoms with E-state index in [1.165, 1.54) is 23.5 Å². The van der Waals surface area contributed by atoms with Gasteiger partial charge in [0, 0.05) is 6.54 Å². The van der Waals surface area contributed by atoms with Gasteiger partial charge in [0.15, 0.2) is 0 Å². The molecule has 1 aromatic carbocycles. The molecule has 3 rings (SSSR count). The van der Waals surface area contributed by atoms with Crippen molar-refractivity contribution in [3.05, 3.63) is 46.3 Å². The van der Waals surface area contributed by atoms with Crippen LogP contribution in [-0.2, 0) is 0 Å². The van der Waals surface area contributed by atoms with Crippen LogP contribution in [0.25, 0.3) is 16.4 Å². The number of thiazole rings is 1. The van der Waals surface area contributed by atoms with Crippen LogP contribution in [-0.4, -0.2) is 32.4 Å². The van der Waals surface area contributed by atoms with Crippen molar-refractivity contribution in [2.45, 2.75) is 27.7 Å². The van der Waals surface area contributed by atoms with Gasteiger partial charge in [0.2, 0.25) is 0 Å². The highest BCUT2D eigenvalue weighted by Crippen LogP contribution is 2.29. The number of nitrogens with zero attached hydrogens (tertiary/aromatic N) is 4. The Hall–Kier alpha value is -2.61. The van der Waals surface area contributed by atoms with Gasteiger partial charge in [-0.3, -0.25) is 4.79 Å². The molecule has 1 amide bonds. The lowest BCUT2D eigenvalue weighted by Gasteiger charge is -2.06. The van der Waals surface area contributed by atoms with E-state index in [1.807, 2.05) is 27.7 Å². The van der Waals surface area contributed by atoms with E-state index in [0.29, 0.717) is 39.4 Å². The van der Waals surface area contributed by atoms with Crippen molar-refractivity contribution in [2.24, 2.45) is 5.92 Å². The minimum Gasteiger partial charge on any atom is -0.351 e. The number of hydrogen-bond donors (Lipinski definition) is 1. The molecule has 26 heavy (non-hydrogen) atoms. The molecule has 0 atom stereocenters. The van der Waals surface area contributed by atoms with Gasteiger partial charge in [-0.15, -0.1) is 16.4 Å². The van der Waals surface area contributed by atoms with Crippen LogP contribution >= 0.6 is 11.3 Å². The van der Waals surface area contributed by atoms with E-state index < -0.39 is 0 Å². The molecule has 0 fully saturated rings. The first-order chi connectivity index (χ1) is 12.4. The molecule has 0 saturated carbocycles. The van der Waals surface area contributed by atoms with Gasteiger partial charge in [-0.05, 0) is 44.0 Å². The molecule has 0 unspecified atom stereocenters. The lowest BCUT2D eigenvalue weighted by atomic mass is 10.2. The molecule has 0 aliphatic heterocycles. The van der Waals surface area contributed by atoms with Gasteiger partial charge in [0.05, 0.1) is 17.1 Å². The summed E-state index contributed by atoms with van der Waals surface area (Å²) in [5.41, 5.74) is 2.78. The van der Waals surface area contributed by atoms with Gasteiger partial charge in [0.1, 0.15) is 21.4 Å². The number of rotatable bonds is 5. The quantitative estimate of drug-likeness (QED) is 0.742. The lowest BCUT2D eigenvalue weighted by molar-refractivity contribution is 0.0952. The number of aromatic nitrogens is 4. The SMILES string of the molecule is Cc1nc(-c2nnn(-c3ccc(F)cc3)c2C)sc1C(=O)NCC(C)C. The van der Waals surface area contributed by atoms with E-state index in [2.05, 4.69) is 20.6 Å². The second kappa shape index (κ2) is 7.33. The van der Waals surface area contributed by atoms with Crippen LogP contribution in [0.2, 0.25) is 0 Å². The number of nitrogens with one attached hydrogen (secondary N) is 1. The molecule has 1 N–H and O–H groups in total. The molecule has 0 aliphatic rings. The minimum atomic E-state index is -0.306. The van der Waals surface area contributed by atoms with Crippen LogP contribution in [0.1, 0.15) is 34.9 Å². The highest BCUT2D eigenvalue weighted by atomic mass is 32.1. The number of amides is 1. The molecular formula is C18H20FN5OS. The maximum Gasteiger partial charge on any atom is 0.263 e. The first kappa shape index (κ1) is 18.2. The Bertz CT molecular complexity index is 930. The van der Waals surface area contributed by atoms with E-state index >= 15 is 0 Å². The van der Waals surface area contributed by atoms with Crippen molar-refractivity contribution in [2.75, 3.05) is 6.54 Å². The monoisotopic (exact) mass is 373 g/mol. The summed E-state index contributed by atoms with van der Waals surface area (Å²) in [6, 6.07) is 6.03. The number of aryl methyl sites for hydroxylation is 1. The van der Waals surface area contributed by atoms with Crippen molar-refractivity contribution in [3.8, 4) is 16.4 Å². The number of carbonyl (C=O) groups excluding carboxylic acids is 1. The van der Waals surface area contributed by atoms with Crippen LogP contribution in [0.3, 0.4) is 0 Å². The summed E-state index contributed by atoms with van der Waals surface area (Å²) in [4.78, 5) is 17.4. The maximum absolute atomic E-state index is 13.1. The Morgan fingerprint density at radius 1 is 1.27 bits per heavy atom. The molecule has 8 heteroatoms. The van der Waals surface area contributed by atoms with Crippen LogP contribution in [0, 0.1) is 25.6 Å². The number of halogens is 1. The Labute approximate surface area is 155 Å². The van der Waals surface area contributed by atoms with Gasteiger partial charge in [-0.1, -0.05) is 19.1 Å². The van der Waals surface area contributed by atoms with E-state index in [1.54, 1.807) is 16.8 Å². The largest absolute Gasteiger partial charge is 0.351 e. The van der Waals surface area contributed by atoms with Gasteiger partial charge in [-0.25, -0.2) is 14.1 Å². The second-order valence-electron chi connectivity index (χ2n) is 6.45. The lowest BCUT2D eigenvalue weighted by Crippen LogP contribution is -2.27. The average Bonchev–Trinajstić information content (AvgIpc) is 3.16. The van der Waals surface area contributed by atoms with E-state index in [-0.39, 0.29) is 11.7 Å². The summed E-state index contributed by atoms with van der Waals surface area (Å²) < 4.78 is 14.7. The summed E-state index contributed by atoms with van der Waals surface area (Å²) in [5.74, 6) is -0.0487. The topological polar surface area (TPSA) is 72.7 Å². The van der Waals surface area contributed by atoms with Crippen LogP contribution < -0.4 is 5.32 Å². The number of carbonyl (C=O) groups is 1. The van der Waals surface area contributed by atoms with Crippen molar-refractivity contribution < 1.29 is 9.18 Å². The fourth-order valence-corrected chi connectivity index (χ4v) is 3.46. The highest BCUT2D eigenvalue weighted by Gasteiger charge is 2.20. The Morgan fingerprint density at radius 3 is 2.62 bits per heavy atom. The molecule has 6 nitrogen and oxygen atoms in total. The predicted octanol–water partition coefficient (Wildman–Crippen LogP) is 3.53. The first-order valence-electron chi connectivity index (χ1n) is 8.31. The normalized spacial score (nSPS) is 11.2. The van der Waals surface area contributed by atoms with Gasteiger partial charge in [0.25, 0.3) is 5.91 Å². The highest BCUT2D eigenvalue weighted by molar-refractivity contribution is 7.17. The van der Waals surface area contributed by atoms with Crippen molar-refractivity contribution in [1.29, 1.82) is 0 Å². The predicted molar refractivity (Wildman–Crippen MR) is 99.1 cm³/mol. The fraction of sp³-hybridized carbons (Fsp3) is 0.333. The maximum atomic E-state index is 13.1. The third-order valence-corrected chi connectivity index (χ3v) is 5.00. The molecule has 0 spiro atoms. The third-order valence-electron chi connectivity index (χ3n) is 3.84. The van der Waals surface area contributed by atoms with E-state index in [0.717, 1.165) is 5.69 Å². The molecular weight excluding hydrogens is 353 g/mol. The number of hydrogen-bond acceptors (Lipinski definition) is 5. The van der Waals surface area contributed by atoms with Crippen LogP contribution in [0.15, 0.2) is 24.3 Å². The summed E-state index contributed by atoms with van der Waals surface area (Å²) in [6.07, 6.45) is 0. The zero-order valence-electron chi connectivity index (χ0n) is 15.1. The molecule has 0 saturated heterocycles. The summed E-state index contributed by atoms with van der Waals surface area (Å²) >= 11 is 1.30. The molecule has 0 aliphatic carbocycles. The van der Waals surface area contributed by atoms with Gasteiger partial charge in [-0.2, -0.15) is 0 Å². The molecule has 136 valence electrons. The van der Waals surface area contributed by atoms with Gasteiger partial charge < -0.3 is 5.32 Å². The Morgan fingerprint density at radius 2 is 1.96 bits per heavy atom. The Balaban J connectivity index is 1.90. The molecule has 3 aromatic rings. The first-order valence-corrected chi connectivity index (χ1v) is 9.12. The minimum absolute atomic E-state index is 0.122. The number of benzene rings is 1. The second-order valence-corrected chi connectivity index (χ2v) is 7.45. The average molecular weight is 373 g/mol. The summed E-state index contributed by atoms with van der Waals surface area (Å²) in [7, 11) is 0. The summed E-state index contributed by atoms with van der Waals surface area (Å²) in [6.45, 7) is 8.38. The van der Waals surface area contributed by atoms with E-state index in [9.17, 15) is 9.18 Å². The molecule has 2 heterocycles. The molecule has 2 aromatic heterocycles. The van der Waals surface area contributed by atoms with E-state index in [4.69, 9.17) is 0 Å². The zero-order valence-corrected chi connectivity index (χ0v) is 15.9. The van der Waals surface area contributed by atoms with Crippen molar-refractivity contribution in [1.82, 2.24) is 25.3 Å². The molecule has 0 bridgehead atoms. The molecule has 0 radical (unpaired) electrons. The van der Waals surface area contributed by atoms with Crippen molar-refractivity contribution >= 4 is 17.2 Å². The summed E-state index contributed by atoms with van der Waals surface area (Å²) in [5, 5.41) is 11.9. The van der Waals surface area contributed by atoms with Crippen LogP contribution in [0.4, 0.5) is 4.39 Å². The van der Waals surface area contributed by atoms with Crippen molar-refractivity contribution in [3.63, 3.8) is 0 Å². The van der Waals surface area contributed by atoms with Crippen LogP contribution in [0.5, 0.6) is 0 Å². The zero-order chi connectivity index (χ0) is 18.8. The standard InChI is InChI=1S/C18H20FN5OS/c1-10(2)9-20-17(25)16-11(3)21-18(26-16)15-12(4)24(23-22-15)14-7-5-13(19)6-8-14/h5-8,10H,9H2,1-4H3,(H,20,25).